The predicted octanol–water partition coefficient (Wildman–Crippen LogP) is 3.61. The Hall–Kier alpha value is -0.450. The van der Waals surface area contributed by atoms with Gasteiger partial charge in [0.1, 0.15) is 10.6 Å². The molecule has 4 heteroatoms. The molecule has 0 bridgehead atoms. The number of nitrogens with two attached hydrogens (primary N) is 1. The zero-order chi connectivity index (χ0) is 13.9. The van der Waals surface area contributed by atoms with Crippen molar-refractivity contribution in [2.75, 3.05) is 7.11 Å². The van der Waals surface area contributed by atoms with Crippen molar-refractivity contribution in [3.05, 3.63) is 15.6 Å². The summed E-state index contributed by atoms with van der Waals surface area (Å²) in [5, 5.41) is 1.16. The normalized spacial score (nSPS) is 27.7. The molecule has 1 heterocycles. The summed E-state index contributed by atoms with van der Waals surface area (Å²) in [6.45, 7) is 5.12. The van der Waals surface area contributed by atoms with Crippen molar-refractivity contribution in [2.24, 2.45) is 11.7 Å². The van der Waals surface area contributed by atoms with Crippen LogP contribution in [0.2, 0.25) is 0 Å². The summed E-state index contributed by atoms with van der Waals surface area (Å²) in [6, 6.07) is 0. The maximum Gasteiger partial charge on any atom is 0.125 e. The van der Waals surface area contributed by atoms with Gasteiger partial charge >= 0.3 is 0 Å². The summed E-state index contributed by atoms with van der Waals surface area (Å²) < 4.78 is 5.91. The highest BCUT2D eigenvalue weighted by molar-refractivity contribution is 7.11. The van der Waals surface area contributed by atoms with Gasteiger partial charge in [0.2, 0.25) is 0 Å². The summed E-state index contributed by atoms with van der Waals surface area (Å²) in [7, 11) is 1.83. The number of methoxy groups -OCH3 is 1. The van der Waals surface area contributed by atoms with Gasteiger partial charge in [-0.3, -0.25) is 0 Å². The van der Waals surface area contributed by atoms with Crippen LogP contribution in [0.25, 0.3) is 0 Å². The number of aromatic nitrogens is 1. The van der Waals surface area contributed by atoms with E-state index in [0.717, 1.165) is 36.6 Å². The monoisotopic (exact) mass is 282 g/mol. The Morgan fingerprint density at radius 2 is 2.11 bits per heavy atom. The van der Waals surface area contributed by atoms with E-state index in [-0.39, 0.29) is 5.60 Å². The van der Waals surface area contributed by atoms with Crippen LogP contribution in [0.5, 0.6) is 0 Å². The van der Waals surface area contributed by atoms with Crippen molar-refractivity contribution in [3.63, 3.8) is 0 Å². The molecule has 1 fully saturated rings. The van der Waals surface area contributed by atoms with E-state index >= 15 is 0 Å². The van der Waals surface area contributed by atoms with Crippen LogP contribution in [0.4, 0.5) is 0 Å². The first-order valence-electron chi connectivity index (χ1n) is 7.39. The van der Waals surface area contributed by atoms with Gasteiger partial charge in [-0.25, -0.2) is 4.98 Å². The summed E-state index contributed by atoms with van der Waals surface area (Å²) >= 11 is 1.77. The molecule has 19 heavy (non-hydrogen) atoms. The standard InChI is InChI=1S/C15H26N2OS/c1-4-5-12-13(10-16)19-14(17-12)15(18-3)8-6-11(2)7-9-15/h11H,4-10,16H2,1-3H3. The number of thiazole rings is 1. The van der Waals surface area contributed by atoms with Crippen molar-refractivity contribution in [1.29, 1.82) is 0 Å². The average molecular weight is 282 g/mol. The number of rotatable bonds is 5. The van der Waals surface area contributed by atoms with E-state index < -0.39 is 0 Å². The average Bonchev–Trinajstić information content (AvgIpc) is 2.84. The molecule has 1 saturated carbocycles. The SMILES string of the molecule is CCCc1nc(C2(OC)CCC(C)CC2)sc1CN. The summed E-state index contributed by atoms with van der Waals surface area (Å²) in [5.74, 6) is 0.812. The molecule has 1 aliphatic carbocycles. The molecule has 0 aromatic carbocycles. The van der Waals surface area contributed by atoms with Gasteiger partial charge in [-0.1, -0.05) is 20.3 Å². The minimum absolute atomic E-state index is 0.146. The van der Waals surface area contributed by atoms with E-state index in [4.69, 9.17) is 15.5 Å². The third-order valence-electron chi connectivity index (χ3n) is 4.31. The highest BCUT2D eigenvalue weighted by atomic mass is 32.1. The molecule has 0 radical (unpaired) electrons. The van der Waals surface area contributed by atoms with Crippen LogP contribution in [-0.2, 0) is 23.3 Å². The van der Waals surface area contributed by atoms with E-state index in [9.17, 15) is 0 Å². The number of hydrogen-bond donors (Lipinski definition) is 1. The third kappa shape index (κ3) is 3.01. The van der Waals surface area contributed by atoms with Crippen LogP contribution in [0.15, 0.2) is 0 Å². The van der Waals surface area contributed by atoms with Crippen LogP contribution in [0.3, 0.4) is 0 Å². The van der Waals surface area contributed by atoms with Crippen LogP contribution >= 0.6 is 11.3 Å². The van der Waals surface area contributed by atoms with E-state index in [0.29, 0.717) is 6.54 Å². The van der Waals surface area contributed by atoms with Gasteiger partial charge in [0.05, 0.1) is 5.69 Å². The third-order valence-corrected chi connectivity index (χ3v) is 5.62. The molecule has 3 nitrogen and oxygen atoms in total. The fourth-order valence-electron chi connectivity index (χ4n) is 2.90. The lowest BCUT2D eigenvalue weighted by molar-refractivity contribution is -0.0531. The van der Waals surface area contributed by atoms with Gasteiger partial charge in [-0.05, 0) is 38.0 Å². The minimum Gasteiger partial charge on any atom is -0.371 e. The first-order valence-corrected chi connectivity index (χ1v) is 8.21. The topological polar surface area (TPSA) is 48.1 Å². The highest BCUT2D eigenvalue weighted by Gasteiger charge is 2.39. The second-order valence-electron chi connectivity index (χ2n) is 5.72. The first-order chi connectivity index (χ1) is 9.15. The van der Waals surface area contributed by atoms with Crippen molar-refractivity contribution in [3.8, 4) is 0 Å². The van der Waals surface area contributed by atoms with Gasteiger partial charge in [0, 0.05) is 18.5 Å². The van der Waals surface area contributed by atoms with E-state index in [1.807, 2.05) is 7.11 Å². The quantitative estimate of drug-likeness (QED) is 0.897. The molecular formula is C15H26N2OS. The molecule has 2 N–H and O–H groups in total. The van der Waals surface area contributed by atoms with Crippen LogP contribution in [0.1, 0.15) is 61.5 Å². The van der Waals surface area contributed by atoms with E-state index in [1.165, 1.54) is 23.4 Å². The molecule has 1 aromatic rings. The van der Waals surface area contributed by atoms with Crippen molar-refractivity contribution >= 4 is 11.3 Å². The fraction of sp³-hybridized carbons (Fsp3) is 0.800. The molecule has 0 atom stereocenters. The summed E-state index contributed by atoms with van der Waals surface area (Å²) in [5.41, 5.74) is 6.91. The molecule has 0 saturated heterocycles. The Labute approximate surface area is 120 Å². The number of nitrogens with zero attached hydrogens (tertiary/aromatic N) is 1. The molecule has 1 aliphatic rings. The maximum absolute atomic E-state index is 5.91. The molecule has 2 rings (SSSR count). The van der Waals surface area contributed by atoms with Gasteiger partial charge in [-0.15, -0.1) is 11.3 Å². The van der Waals surface area contributed by atoms with Crippen LogP contribution in [-0.4, -0.2) is 12.1 Å². The van der Waals surface area contributed by atoms with Gasteiger partial charge in [0.25, 0.3) is 0 Å². The highest BCUT2D eigenvalue weighted by Crippen LogP contribution is 2.44. The molecule has 0 spiro atoms. The molecule has 1 aromatic heterocycles. The van der Waals surface area contributed by atoms with Gasteiger partial charge in [0.15, 0.2) is 0 Å². The van der Waals surface area contributed by atoms with Crippen molar-refractivity contribution < 1.29 is 4.74 Å². The van der Waals surface area contributed by atoms with E-state index in [1.54, 1.807) is 11.3 Å². The first kappa shape index (κ1) is 14.9. The Balaban J connectivity index is 2.27. The lowest BCUT2D eigenvalue weighted by Gasteiger charge is -2.36. The number of aryl methyl sites for hydroxylation is 1. The Bertz CT molecular complexity index is 408. The lowest BCUT2D eigenvalue weighted by Crippen LogP contribution is -2.33. The molecular weight excluding hydrogens is 256 g/mol. The van der Waals surface area contributed by atoms with Crippen molar-refractivity contribution in [2.45, 2.75) is 64.5 Å². The second kappa shape index (κ2) is 6.33. The Kier molecular flexibility index (Phi) is 4.98. The molecule has 0 unspecified atom stereocenters. The van der Waals surface area contributed by atoms with Crippen molar-refractivity contribution in [1.82, 2.24) is 4.98 Å². The smallest absolute Gasteiger partial charge is 0.125 e. The summed E-state index contributed by atoms with van der Waals surface area (Å²) in [6.07, 6.45) is 6.79. The predicted molar refractivity (Wildman–Crippen MR) is 80.3 cm³/mol. The minimum atomic E-state index is -0.146. The Morgan fingerprint density at radius 3 is 2.63 bits per heavy atom. The maximum atomic E-state index is 5.91. The Morgan fingerprint density at radius 1 is 1.42 bits per heavy atom. The fourth-order valence-corrected chi connectivity index (χ4v) is 4.12. The number of ether oxygens (including phenoxy) is 1. The molecule has 0 aliphatic heterocycles. The molecule has 108 valence electrons. The largest absolute Gasteiger partial charge is 0.371 e. The van der Waals surface area contributed by atoms with Crippen LogP contribution < -0.4 is 5.73 Å². The van der Waals surface area contributed by atoms with E-state index in [2.05, 4.69) is 13.8 Å². The summed E-state index contributed by atoms with van der Waals surface area (Å²) in [4.78, 5) is 6.12. The van der Waals surface area contributed by atoms with Gasteiger partial charge < -0.3 is 10.5 Å². The zero-order valence-electron chi connectivity index (χ0n) is 12.4. The van der Waals surface area contributed by atoms with Gasteiger partial charge in [-0.2, -0.15) is 0 Å². The molecule has 0 amide bonds. The lowest BCUT2D eigenvalue weighted by atomic mass is 9.80. The second-order valence-corrected chi connectivity index (χ2v) is 6.81. The van der Waals surface area contributed by atoms with Crippen LogP contribution in [0, 0.1) is 5.92 Å². The number of hydrogen-bond acceptors (Lipinski definition) is 4. The zero-order valence-corrected chi connectivity index (χ0v) is 13.2.